The summed E-state index contributed by atoms with van der Waals surface area (Å²) in [5.41, 5.74) is 7.81. The lowest BCUT2D eigenvalue weighted by Gasteiger charge is -2.30. The van der Waals surface area contributed by atoms with Crippen LogP contribution < -0.4 is 10.6 Å². The Morgan fingerprint density at radius 3 is 2.95 bits per heavy atom. The van der Waals surface area contributed by atoms with Crippen molar-refractivity contribution >= 4 is 5.69 Å². The summed E-state index contributed by atoms with van der Waals surface area (Å²) in [4.78, 5) is 2.16. The van der Waals surface area contributed by atoms with Crippen molar-refractivity contribution in [3.63, 3.8) is 0 Å². The number of halogens is 1. The highest BCUT2D eigenvalue weighted by atomic mass is 19.1. The van der Waals surface area contributed by atoms with Crippen LogP contribution in [0, 0.1) is 11.7 Å². The Morgan fingerprint density at radius 2 is 2.32 bits per heavy atom. The molecule has 1 saturated heterocycles. The highest BCUT2D eigenvalue weighted by Gasteiger charge is 2.18. The van der Waals surface area contributed by atoms with E-state index in [-0.39, 0.29) is 11.9 Å². The van der Waals surface area contributed by atoms with E-state index in [9.17, 15) is 4.39 Å². The average molecular weight is 266 g/mol. The molecule has 0 saturated carbocycles. The Balaban J connectivity index is 2.11. The molecule has 0 spiro atoms. The van der Waals surface area contributed by atoms with Crippen LogP contribution in [0.4, 0.5) is 10.1 Å². The summed E-state index contributed by atoms with van der Waals surface area (Å²) in [6, 6.07) is 4.68. The number of rotatable bonds is 4. The Bertz CT molecular complexity index is 417. The standard InChI is InChI=1S/C15H23FN2O/c1-11(17)14-8-13(16)5-6-15(14)18(2)9-12-4-3-7-19-10-12/h5-6,8,11-12H,3-4,7,9-10,17H2,1-2H3/t11-,12?/m0/s1. The molecule has 1 aromatic carbocycles. The second kappa shape index (κ2) is 6.35. The van der Waals surface area contributed by atoms with Crippen molar-refractivity contribution in [1.82, 2.24) is 0 Å². The van der Waals surface area contributed by atoms with Crippen LogP contribution in [0.25, 0.3) is 0 Å². The van der Waals surface area contributed by atoms with E-state index < -0.39 is 0 Å². The molecule has 2 N–H and O–H groups in total. The lowest BCUT2D eigenvalue weighted by Crippen LogP contribution is -2.31. The highest BCUT2D eigenvalue weighted by molar-refractivity contribution is 5.54. The Hall–Kier alpha value is -1.13. The maximum absolute atomic E-state index is 13.3. The van der Waals surface area contributed by atoms with E-state index in [0.717, 1.165) is 37.4 Å². The maximum atomic E-state index is 13.3. The fraction of sp³-hybridized carbons (Fsp3) is 0.600. The first-order chi connectivity index (χ1) is 9.08. The van der Waals surface area contributed by atoms with Crippen LogP contribution in [-0.2, 0) is 4.74 Å². The number of benzene rings is 1. The van der Waals surface area contributed by atoms with Crippen LogP contribution in [0.2, 0.25) is 0 Å². The van der Waals surface area contributed by atoms with Crippen LogP contribution >= 0.6 is 0 Å². The van der Waals surface area contributed by atoms with Gasteiger partial charge in [-0.1, -0.05) is 0 Å². The molecule has 0 amide bonds. The molecule has 1 heterocycles. The summed E-state index contributed by atoms with van der Waals surface area (Å²) in [6.07, 6.45) is 2.32. The third-order valence-electron chi connectivity index (χ3n) is 3.68. The molecule has 4 heteroatoms. The minimum absolute atomic E-state index is 0.171. The maximum Gasteiger partial charge on any atom is 0.123 e. The number of nitrogens with zero attached hydrogens (tertiary/aromatic N) is 1. The second-order valence-corrected chi connectivity index (χ2v) is 5.46. The number of hydrogen-bond acceptors (Lipinski definition) is 3. The Kier molecular flexibility index (Phi) is 4.77. The molecule has 1 unspecified atom stereocenters. The summed E-state index contributed by atoms with van der Waals surface area (Å²) in [6.45, 7) is 4.50. The first kappa shape index (κ1) is 14.3. The van der Waals surface area contributed by atoms with E-state index >= 15 is 0 Å². The van der Waals surface area contributed by atoms with Gasteiger partial charge < -0.3 is 15.4 Å². The van der Waals surface area contributed by atoms with E-state index in [1.807, 2.05) is 20.0 Å². The van der Waals surface area contributed by atoms with Crippen molar-refractivity contribution < 1.29 is 9.13 Å². The van der Waals surface area contributed by atoms with Crippen molar-refractivity contribution in [3.8, 4) is 0 Å². The monoisotopic (exact) mass is 266 g/mol. The van der Waals surface area contributed by atoms with E-state index in [1.54, 1.807) is 0 Å². The van der Waals surface area contributed by atoms with Crippen molar-refractivity contribution in [2.45, 2.75) is 25.8 Å². The highest BCUT2D eigenvalue weighted by Crippen LogP contribution is 2.27. The summed E-state index contributed by atoms with van der Waals surface area (Å²) < 4.78 is 18.8. The first-order valence-electron chi connectivity index (χ1n) is 6.92. The molecule has 1 fully saturated rings. The molecule has 106 valence electrons. The lowest BCUT2D eigenvalue weighted by atomic mass is 10.00. The quantitative estimate of drug-likeness (QED) is 0.910. The van der Waals surface area contributed by atoms with Crippen LogP contribution in [0.3, 0.4) is 0 Å². The molecule has 1 aromatic rings. The van der Waals surface area contributed by atoms with Crippen molar-refractivity contribution in [1.29, 1.82) is 0 Å². The van der Waals surface area contributed by atoms with Crippen LogP contribution in [0.1, 0.15) is 31.4 Å². The second-order valence-electron chi connectivity index (χ2n) is 5.46. The molecular formula is C15H23FN2O. The predicted octanol–water partition coefficient (Wildman–Crippen LogP) is 2.71. The first-order valence-corrected chi connectivity index (χ1v) is 6.92. The molecule has 19 heavy (non-hydrogen) atoms. The van der Waals surface area contributed by atoms with Gasteiger partial charge in [0.15, 0.2) is 0 Å². The van der Waals surface area contributed by atoms with Gasteiger partial charge in [-0.05, 0) is 49.4 Å². The van der Waals surface area contributed by atoms with Gasteiger partial charge >= 0.3 is 0 Å². The van der Waals surface area contributed by atoms with Gasteiger partial charge in [-0.2, -0.15) is 0 Å². The number of anilines is 1. The summed E-state index contributed by atoms with van der Waals surface area (Å²) >= 11 is 0. The van der Waals surface area contributed by atoms with E-state index in [4.69, 9.17) is 10.5 Å². The number of hydrogen-bond donors (Lipinski definition) is 1. The van der Waals surface area contributed by atoms with Gasteiger partial charge in [0.1, 0.15) is 5.82 Å². The molecule has 1 aliphatic heterocycles. The predicted molar refractivity (Wildman–Crippen MR) is 75.8 cm³/mol. The van der Waals surface area contributed by atoms with Crippen molar-refractivity contribution in [2.75, 3.05) is 31.7 Å². The van der Waals surface area contributed by atoms with Gasteiger partial charge in [0.25, 0.3) is 0 Å². The third-order valence-corrected chi connectivity index (χ3v) is 3.68. The van der Waals surface area contributed by atoms with Gasteiger partial charge in [-0.3, -0.25) is 0 Å². The molecule has 0 radical (unpaired) electrons. The molecular weight excluding hydrogens is 243 g/mol. The fourth-order valence-corrected chi connectivity index (χ4v) is 2.67. The van der Waals surface area contributed by atoms with Gasteiger partial charge in [0.2, 0.25) is 0 Å². The summed E-state index contributed by atoms with van der Waals surface area (Å²) in [5, 5.41) is 0. The van der Waals surface area contributed by atoms with Crippen LogP contribution in [0.15, 0.2) is 18.2 Å². The SMILES string of the molecule is C[C@H](N)c1cc(F)ccc1N(C)CC1CCCOC1. The average Bonchev–Trinajstić information content (AvgIpc) is 2.39. The molecule has 0 bridgehead atoms. The van der Waals surface area contributed by atoms with Crippen LogP contribution in [-0.4, -0.2) is 26.8 Å². The zero-order chi connectivity index (χ0) is 13.8. The molecule has 2 rings (SSSR count). The lowest BCUT2D eigenvalue weighted by molar-refractivity contribution is 0.0576. The van der Waals surface area contributed by atoms with Crippen molar-refractivity contribution in [3.05, 3.63) is 29.6 Å². The van der Waals surface area contributed by atoms with Gasteiger partial charge in [0.05, 0.1) is 6.61 Å². The van der Waals surface area contributed by atoms with E-state index in [0.29, 0.717) is 5.92 Å². The molecule has 0 aliphatic carbocycles. The van der Waals surface area contributed by atoms with E-state index in [2.05, 4.69) is 4.90 Å². The normalized spacial score (nSPS) is 21.2. The number of ether oxygens (including phenoxy) is 1. The summed E-state index contributed by atoms with van der Waals surface area (Å²) in [7, 11) is 2.04. The van der Waals surface area contributed by atoms with Crippen molar-refractivity contribution in [2.24, 2.45) is 11.7 Å². The fourth-order valence-electron chi connectivity index (χ4n) is 2.67. The van der Waals surface area contributed by atoms with Gasteiger partial charge in [-0.25, -0.2) is 4.39 Å². The topological polar surface area (TPSA) is 38.5 Å². The zero-order valence-corrected chi connectivity index (χ0v) is 11.7. The largest absolute Gasteiger partial charge is 0.381 e. The minimum atomic E-state index is -0.231. The molecule has 2 atom stereocenters. The third kappa shape index (κ3) is 3.67. The molecule has 0 aromatic heterocycles. The summed E-state index contributed by atoms with van der Waals surface area (Å²) in [5.74, 6) is 0.315. The van der Waals surface area contributed by atoms with Gasteiger partial charge in [-0.15, -0.1) is 0 Å². The minimum Gasteiger partial charge on any atom is -0.381 e. The van der Waals surface area contributed by atoms with E-state index in [1.165, 1.54) is 18.6 Å². The molecule has 3 nitrogen and oxygen atoms in total. The van der Waals surface area contributed by atoms with Crippen LogP contribution in [0.5, 0.6) is 0 Å². The molecule has 1 aliphatic rings. The smallest absolute Gasteiger partial charge is 0.123 e. The van der Waals surface area contributed by atoms with Gasteiger partial charge in [0, 0.05) is 31.9 Å². The Morgan fingerprint density at radius 1 is 1.53 bits per heavy atom. The Labute approximate surface area is 114 Å². The zero-order valence-electron chi connectivity index (χ0n) is 11.7. The number of nitrogens with two attached hydrogens (primary N) is 1.